The van der Waals surface area contributed by atoms with E-state index >= 15 is 0 Å². The van der Waals surface area contributed by atoms with Crippen molar-refractivity contribution in [3.05, 3.63) is 10.1 Å². The zero-order valence-corrected chi connectivity index (χ0v) is 9.83. The maximum atomic E-state index is 10.4. The minimum Gasteiger partial charge on any atom is -0.396 e. The molecule has 0 spiro atoms. The van der Waals surface area contributed by atoms with Crippen LogP contribution in [0.15, 0.2) is 0 Å². The molecule has 6 nitrogen and oxygen atoms in total. The van der Waals surface area contributed by atoms with Gasteiger partial charge in [-0.05, 0) is 19.8 Å². The van der Waals surface area contributed by atoms with Crippen LogP contribution >= 0.6 is 0 Å². The number of nitrogens with zero attached hydrogens (tertiary/aromatic N) is 1. The Kier molecular flexibility index (Phi) is 8.05. The summed E-state index contributed by atoms with van der Waals surface area (Å²) in [4.78, 5) is 10.0. The minimum atomic E-state index is -0.403. The first-order valence-corrected chi connectivity index (χ1v) is 5.54. The fourth-order valence-corrected chi connectivity index (χ4v) is 1.51. The van der Waals surface area contributed by atoms with Crippen LogP contribution in [0.5, 0.6) is 0 Å². The number of hydrogen-bond acceptors (Lipinski definition) is 5. The first kappa shape index (κ1) is 15.3. The summed E-state index contributed by atoms with van der Waals surface area (Å²) < 4.78 is 5.50. The second-order valence-electron chi connectivity index (χ2n) is 3.84. The van der Waals surface area contributed by atoms with Crippen molar-refractivity contribution in [2.24, 2.45) is 5.92 Å². The number of hydrogen-bond donors (Lipinski definition) is 2. The number of aliphatic hydroxyl groups excluding tert-OH is 2. The average molecular weight is 235 g/mol. The van der Waals surface area contributed by atoms with Crippen molar-refractivity contribution in [1.82, 2.24) is 0 Å². The molecule has 6 heteroatoms. The third kappa shape index (κ3) is 5.99. The predicted molar refractivity (Wildman–Crippen MR) is 58.8 cm³/mol. The van der Waals surface area contributed by atoms with Gasteiger partial charge < -0.3 is 14.9 Å². The summed E-state index contributed by atoms with van der Waals surface area (Å²) in [5, 5.41) is 28.2. The maximum absolute atomic E-state index is 10.4. The molecule has 3 unspecified atom stereocenters. The Balaban J connectivity index is 4.24. The monoisotopic (exact) mass is 235 g/mol. The molecule has 0 aromatic carbocycles. The lowest BCUT2D eigenvalue weighted by Gasteiger charge is -2.24. The largest absolute Gasteiger partial charge is 0.396 e. The Labute approximate surface area is 95.4 Å². The Bertz CT molecular complexity index is 196. The molecule has 0 radical (unpaired) electrons. The zero-order valence-electron chi connectivity index (χ0n) is 9.83. The quantitative estimate of drug-likeness (QED) is 0.447. The molecule has 0 aliphatic heterocycles. The van der Waals surface area contributed by atoms with Crippen LogP contribution < -0.4 is 0 Å². The highest BCUT2D eigenvalue weighted by Crippen LogP contribution is 2.15. The van der Waals surface area contributed by atoms with Crippen LogP contribution in [0.3, 0.4) is 0 Å². The average Bonchev–Trinajstić information content (AvgIpc) is 2.24. The lowest BCUT2D eigenvalue weighted by Crippen LogP contribution is -2.33. The molecule has 0 saturated carbocycles. The molecule has 0 rings (SSSR count). The van der Waals surface area contributed by atoms with Crippen molar-refractivity contribution < 1.29 is 19.9 Å². The molecule has 0 fully saturated rings. The van der Waals surface area contributed by atoms with E-state index in [1.54, 1.807) is 6.92 Å². The molecule has 0 aliphatic carbocycles. The summed E-state index contributed by atoms with van der Waals surface area (Å²) in [5.74, 6) is -0.319. The summed E-state index contributed by atoms with van der Waals surface area (Å²) in [7, 11) is 0. The van der Waals surface area contributed by atoms with Gasteiger partial charge in [-0.1, -0.05) is 6.92 Å². The van der Waals surface area contributed by atoms with Gasteiger partial charge in [0.15, 0.2) is 0 Å². The molecule has 16 heavy (non-hydrogen) atoms. The summed E-state index contributed by atoms with van der Waals surface area (Å²) in [6.45, 7) is 3.21. The van der Waals surface area contributed by atoms with Crippen molar-refractivity contribution in [2.45, 2.75) is 38.9 Å². The summed E-state index contributed by atoms with van der Waals surface area (Å²) in [6.07, 6.45) is 0.368. The van der Waals surface area contributed by atoms with Crippen LogP contribution in [-0.4, -0.2) is 47.1 Å². The third-order valence-electron chi connectivity index (χ3n) is 2.61. The number of nitro groups is 1. The lowest BCUT2D eigenvalue weighted by atomic mass is 10.00. The van der Waals surface area contributed by atoms with E-state index in [9.17, 15) is 10.1 Å². The van der Waals surface area contributed by atoms with E-state index in [2.05, 4.69) is 0 Å². The fraction of sp³-hybridized carbons (Fsp3) is 1.00. The lowest BCUT2D eigenvalue weighted by molar-refractivity contribution is -0.491. The van der Waals surface area contributed by atoms with E-state index in [1.165, 1.54) is 0 Å². The van der Waals surface area contributed by atoms with Gasteiger partial charge in [0.1, 0.15) is 0 Å². The molecular formula is C10H21NO5. The van der Waals surface area contributed by atoms with Crippen molar-refractivity contribution >= 4 is 0 Å². The van der Waals surface area contributed by atoms with Crippen molar-refractivity contribution in [3.8, 4) is 0 Å². The Morgan fingerprint density at radius 2 is 2.06 bits per heavy atom. The third-order valence-corrected chi connectivity index (χ3v) is 2.61. The Morgan fingerprint density at radius 1 is 1.44 bits per heavy atom. The van der Waals surface area contributed by atoms with Gasteiger partial charge in [-0.2, -0.15) is 0 Å². The molecule has 96 valence electrons. The topological polar surface area (TPSA) is 92.8 Å². The molecule has 3 atom stereocenters. The van der Waals surface area contributed by atoms with Gasteiger partial charge in [-0.25, -0.2) is 0 Å². The van der Waals surface area contributed by atoms with E-state index in [-0.39, 0.29) is 37.9 Å². The van der Waals surface area contributed by atoms with Gasteiger partial charge in [0.05, 0.1) is 24.7 Å². The molecule has 0 aliphatic rings. The molecule has 0 heterocycles. The molecule has 2 N–H and O–H groups in total. The van der Waals surface area contributed by atoms with Crippen LogP contribution in [0.1, 0.15) is 26.7 Å². The van der Waals surface area contributed by atoms with Gasteiger partial charge in [0.25, 0.3) is 0 Å². The maximum Gasteiger partial charge on any atom is 0.209 e. The van der Waals surface area contributed by atoms with Crippen LogP contribution in [0.25, 0.3) is 0 Å². The summed E-state index contributed by atoms with van der Waals surface area (Å²) in [5.41, 5.74) is 0. The van der Waals surface area contributed by atoms with Gasteiger partial charge in [-0.3, -0.25) is 10.1 Å². The highest BCUT2D eigenvalue weighted by Gasteiger charge is 2.24. The summed E-state index contributed by atoms with van der Waals surface area (Å²) in [6, 6.07) is 0. The van der Waals surface area contributed by atoms with Gasteiger partial charge >= 0.3 is 0 Å². The molecule has 0 aromatic heterocycles. The molecule has 0 amide bonds. The Hall–Kier alpha value is -0.720. The first-order chi connectivity index (χ1) is 7.54. The Morgan fingerprint density at radius 3 is 2.44 bits per heavy atom. The number of aliphatic hydroxyl groups is 2. The van der Waals surface area contributed by atoms with Crippen LogP contribution in [0.4, 0.5) is 0 Å². The second kappa shape index (κ2) is 8.43. The van der Waals surface area contributed by atoms with Gasteiger partial charge in [-0.15, -0.1) is 0 Å². The van der Waals surface area contributed by atoms with E-state index in [1.807, 2.05) is 6.92 Å². The normalized spacial score (nSPS) is 16.8. The van der Waals surface area contributed by atoms with E-state index < -0.39 is 4.92 Å². The summed E-state index contributed by atoms with van der Waals surface area (Å²) >= 11 is 0. The fourth-order valence-electron chi connectivity index (χ4n) is 1.51. The van der Waals surface area contributed by atoms with Crippen LogP contribution in [-0.2, 0) is 4.74 Å². The van der Waals surface area contributed by atoms with Crippen molar-refractivity contribution in [2.75, 3.05) is 19.8 Å². The standard InChI is InChI=1S/C10H21NO5/c1-3-10(7-13)16-8(2)9(4-5-12)6-11(14)15/h8-10,12-13H,3-7H2,1-2H3. The van der Waals surface area contributed by atoms with E-state index in [4.69, 9.17) is 14.9 Å². The first-order valence-electron chi connectivity index (χ1n) is 5.54. The van der Waals surface area contributed by atoms with Crippen molar-refractivity contribution in [3.63, 3.8) is 0 Å². The molecule has 0 aromatic rings. The molecule has 0 saturated heterocycles. The zero-order chi connectivity index (χ0) is 12.6. The second-order valence-corrected chi connectivity index (χ2v) is 3.84. The number of rotatable bonds is 9. The van der Waals surface area contributed by atoms with Crippen LogP contribution in [0.2, 0.25) is 0 Å². The highest BCUT2D eigenvalue weighted by atomic mass is 16.6. The minimum absolute atomic E-state index is 0.0921. The molecular weight excluding hydrogens is 214 g/mol. The smallest absolute Gasteiger partial charge is 0.209 e. The van der Waals surface area contributed by atoms with Crippen LogP contribution in [0, 0.1) is 16.0 Å². The SMILES string of the molecule is CCC(CO)OC(C)C(CCO)C[N+](=O)[O-]. The van der Waals surface area contributed by atoms with Gasteiger partial charge in [0, 0.05) is 11.5 Å². The van der Waals surface area contributed by atoms with Crippen molar-refractivity contribution in [1.29, 1.82) is 0 Å². The highest BCUT2D eigenvalue weighted by molar-refractivity contribution is 4.68. The number of ether oxygens (including phenoxy) is 1. The van der Waals surface area contributed by atoms with Gasteiger partial charge in [0.2, 0.25) is 6.54 Å². The predicted octanol–water partition coefficient (Wildman–Crippen LogP) is 0.438. The molecule has 0 bridgehead atoms. The van der Waals surface area contributed by atoms with E-state index in [0.717, 1.165) is 0 Å². The van der Waals surface area contributed by atoms with E-state index in [0.29, 0.717) is 12.8 Å².